The number of aryl methyl sites for hydroxylation is 2. The van der Waals surface area contributed by atoms with E-state index >= 15 is 0 Å². The Morgan fingerprint density at radius 3 is 2.62 bits per heavy atom. The van der Waals surface area contributed by atoms with E-state index in [-0.39, 0.29) is 0 Å². The van der Waals surface area contributed by atoms with Crippen LogP contribution in [0, 0.1) is 13.8 Å². The summed E-state index contributed by atoms with van der Waals surface area (Å²) in [7, 11) is 1.66. The van der Waals surface area contributed by atoms with Crippen LogP contribution in [-0.2, 0) is 5.33 Å². The molecule has 0 saturated heterocycles. The largest absolute Gasteiger partial charge is 0.481 e. The summed E-state index contributed by atoms with van der Waals surface area (Å²) in [4.78, 5) is 4.55. The van der Waals surface area contributed by atoms with Gasteiger partial charge in [-0.05, 0) is 31.5 Å². The maximum Gasteiger partial charge on any atom is 0.217 e. The topological polar surface area (TPSA) is 22.1 Å². The number of hydrogen-bond donors (Lipinski definition) is 0. The van der Waals surface area contributed by atoms with Gasteiger partial charge in [0.25, 0.3) is 0 Å². The van der Waals surface area contributed by atoms with Crippen molar-refractivity contribution in [1.29, 1.82) is 0 Å². The molecule has 0 N–H and O–H groups in total. The average Bonchev–Trinajstić information content (AvgIpc) is 2.27. The number of hydrogen-bond acceptors (Lipinski definition) is 2. The molecule has 2 aromatic rings. The van der Waals surface area contributed by atoms with Crippen molar-refractivity contribution in [1.82, 2.24) is 4.98 Å². The van der Waals surface area contributed by atoms with Crippen molar-refractivity contribution in [2.45, 2.75) is 19.2 Å². The Kier molecular flexibility index (Phi) is 3.15. The highest BCUT2D eigenvalue weighted by Crippen LogP contribution is 2.26. The minimum absolute atomic E-state index is 0.705. The molecule has 84 valence electrons. The van der Waals surface area contributed by atoms with Crippen LogP contribution in [0.15, 0.2) is 18.2 Å². The molecule has 16 heavy (non-hydrogen) atoms. The number of ether oxygens (including phenoxy) is 1. The van der Waals surface area contributed by atoms with Gasteiger partial charge < -0.3 is 4.74 Å². The van der Waals surface area contributed by atoms with E-state index in [1.807, 2.05) is 0 Å². The van der Waals surface area contributed by atoms with Crippen LogP contribution in [0.4, 0.5) is 0 Å². The van der Waals surface area contributed by atoms with Crippen molar-refractivity contribution in [2.75, 3.05) is 7.11 Å². The molecule has 2 nitrogen and oxygen atoms in total. The summed E-state index contributed by atoms with van der Waals surface area (Å²) < 4.78 is 5.29. The monoisotopic (exact) mass is 279 g/mol. The van der Waals surface area contributed by atoms with Gasteiger partial charge in [0.1, 0.15) is 0 Å². The lowest BCUT2D eigenvalue weighted by Crippen LogP contribution is -1.95. The fraction of sp³-hybridized carbons (Fsp3) is 0.308. The minimum Gasteiger partial charge on any atom is -0.481 e. The van der Waals surface area contributed by atoms with E-state index in [2.05, 4.69) is 53.0 Å². The Morgan fingerprint density at radius 1 is 1.25 bits per heavy atom. The fourth-order valence-corrected chi connectivity index (χ4v) is 2.35. The first-order valence-electron chi connectivity index (χ1n) is 5.16. The molecular formula is C13H14BrNO. The van der Waals surface area contributed by atoms with Crippen molar-refractivity contribution in [2.24, 2.45) is 0 Å². The lowest BCUT2D eigenvalue weighted by molar-refractivity contribution is 0.396. The average molecular weight is 280 g/mol. The highest BCUT2D eigenvalue weighted by Gasteiger charge is 2.08. The van der Waals surface area contributed by atoms with E-state index in [4.69, 9.17) is 4.74 Å². The molecule has 3 heteroatoms. The van der Waals surface area contributed by atoms with Gasteiger partial charge in [0.05, 0.1) is 12.6 Å². The van der Waals surface area contributed by atoms with E-state index in [0.29, 0.717) is 5.88 Å². The molecule has 0 unspecified atom stereocenters. The molecule has 1 heterocycles. The third-order valence-corrected chi connectivity index (χ3v) is 3.23. The number of nitrogens with zero attached hydrogens (tertiary/aromatic N) is 1. The zero-order chi connectivity index (χ0) is 11.7. The fourth-order valence-electron chi connectivity index (χ4n) is 1.95. The van der Waals surface area contributed by atoms with Gasteiger partial charge in [-0.1, -0.05) is 27.6 Å². The predicted molar refractivity (Wildman–Crippen MR) is 70.4 cm³/mol. The molecule has 0 aliphatic heterocycles. The summed E-state index contributed by atoms with van der Waals surface area (Å²) in [5, 5.41) is 1.93. The SMILES string of the molecule is COc1nc2c(C)cc(C)cc2cc1CBr. The first-order valence-corrected chi connectivity index (χ1v) is 6.28. The molecule has 0 atom stereocenters. The van der Waals surface area contributed by atoms with Crippen molar-refractivity contribution < 1.29 is 4.74 Å². The quantitative estimate of drug-likeness (QED) is 0.781. The van der Waals surface area contributed by atoms with Crippen LogP contribution in [0.25, 0.3) is 10.9 Å². The molecule has 0 fully saturated rings. The number of halogens is 1. The number of alkyl halides is 1. The summed E-state index contributed by atoms with van der Waals surface area (Å²) in [6.07, 6.45) is 0. The van der Waals surface area contributed by atoms with Crippen LogP contribution in [-0.4, -0.2) is 12.1 Å². The zero-order valence-corrected chi connectivity index (χ0v) is 11.3. The second-order valence-electron chi connectivity index (χ2n) is 3.94. The zero-order valence-electron chi connectivity index (χ0n) is 9.67. The number of aromatic nitrogens is 1. The third kappa shape index (κ3) is 1.92. The number of benzene rings is 1. The lowest BCUT2D eigenvalue weighted by Gasteiger charge is -2.09. The number of fused-ring (bicyclic) bond motifs is 1. The van der Waals surface area contributed by atoms with E-state index in [1.165, 1.54) is 16.5 Å². The van der Waals surface area contributed by atoms with Crippen molar-refractivity contribution >= 4 is 26.8 Å². The van der Waals surface area contributed by atoms with Crippen molar-refractivity contribution in [3.8, 4) is 5.88 Å². The number of methoxy groups -OCH3 is 1. The second-order valence-corrected chi connectivity index (χ2v) is 4.50. The number of pyridine rings is 1. The molecule has 0 bridgehead atoms. The van der Waals surface area contributed by atoms with Gasteiger partial charge in [-0.2, -0.15) is 0 Å². The Labute approximate surface area is 104 Å². The summed E-state index contributed by atoms with van der Waals surface area (Å²) in [6, 6.07) is 6.43. The Morgan fingerprint density at radius 2 is 2.00 bits per heavy atom. The first-order chi connectivity index (χ1) is 7.65. The molecule has 1 aromatic carbocycles. The maximum atomic E-state index is 5.29. The van der Waals surface area contributed by atoms with Crippen LogP contribution in [0.5, 0.6) is 5.88 Å². The van der Waals surface area contributed by atoms with E-state index in [9.17, 15) is 0 Å². The molecule has 0 spiro atoms. The van der Waals surface area contributed by atoms with E-state index in [0.717, 1.165) is 16.4 Å². The Bertz CT molecular complexity index is 537. The molecule has 0 amide bonds. The van der Waals surface area contributed by atoms with E-state index < -0.39 is 0 Å². The first kappa shape index (κ1) is 11.4. The molecule has 1 aromatic heterocycles. The van der Waals surface area contributed by atoms with Crippen molar-refractivity contribution in [3.05, 3.63) is 34.9 Å². The van der Waals surface area contributed by atoms with Crippen LogP contribution in [0.2, 0.25) is 0 Å². The van der Waals surface area contributed by atoms with Crippen LogP contribution in [0.1, 0.15) is 16.7 Å². The van der Waals surface area contributed by atoms with Gasteiger partial charge in [-0.25, -0.2) is 4.98 Å². The van der Waals surface area contributed by atoms with Crippen LogP contribution in [0.3, 0.4) is 0 Å². The van der Waals surface area contributed by atoms with Gasteiger partial charge >= 0.3 is 0 Å². The molecular weight excluding hydrogens is 266 g/mol. The van der Waals surface area contributed by atoms with Crippen LogP contribution < -0.4 is 4.74 Å². The smallest absolute Gasteiger partial charge is 0.217 e. The van der Waals surface area contributed by atoms with Crippen LogP contribution >= 0.6 is 15.9 Å². The summed E-state index contributed by atoms with van der Waals surface area (Å²) in [5.74, 6) is 0.705. The summed E-state index contributed by atoms with van der Waals surface area (Å²) in [5.41, 5.74) is 4.55. The lowest BCUT2D eigenvalue weighted by atomic mass is 10.1. The predicted octanol–water partition coefficient (Wildman–Crippen LogP) is 3.76. The molecule has 0 saturated carbocycles. The highest BCUT2D eigenvalue weighted by atomic mass is 79.9. The van der Waals surface area contributed by atoms with Gasteiger partial charge in [-0.15, -0.1) is 0 Å². The molecule has 0 aliphatic rings. The highest BCUT2D eigenvalue weighted by molar-refractivity contribution is 9.08. The summed E-state index contributed by atoms with van der Waals surface area (Å²) in [6.45, 7) is 4.18. The van der Waals surface area contributed by atoms with Gasteiger partial charge in [0.15, 0.2) is 0 Å². The Hall–Kier alpha value is -1.09. The van der Waals surface area contributed by atoms with Gasteiger partial charge in [-0.3, -0.25) is 0 Å². The molecule has 0 radical (unpaired) electrons. The van der Waals surface area contributed by atoms with E-state index in [1.54, 1.807) is 7.11 Å². The Balaban J connectivity index is 2.78. The summed E-state index contributed by atoms with van der Waals surface area (Å²) >= 11 is 3.45. The maximum absolute atomic E-state index is 5.29. The molecule has 0 aliphatic carbocycles. The van der Waals surface area contributed by atoms with Crippen molar-refractivity contribution in [3.63, 3.8) is 0 Å². The second kappa shape index (κ2) is 4.42. The minimum atomic E-state index is 0.705. The van der Waals surface area contributed by atoms with Gasteiger partial charge in [0.2, 0.25) is 5.88 Å². The van der Waals surface area contributed by atoms with Gasteiger partial charge in [0, 0.05) is 16.3 Å². The standard InChI is InChI=1S/C13H14BrNO/c1-8-4-9(2)12-10(5-8)6-11(7-14)13(15-12)16-3/h4-6H,7H2,1-3H3. The third-order valence-electron chi connectivity index (χ3n) is 2.63. The molecule has 2 rings (SSSR count). The normalized spacial score (nSPS) is 10.8. The number of rotatable bonds is 2.